The van der Waals surface area contributed by atoms with Gasteiger partial charge in [-0.3, -0.25) is 0 Å². The summed E-state index contributed by atoms with van der Waals surface area (Å²) in [4.78, 5) is 4.35. The van der Waals surface area contributed by atoms with Crippen LogP contribution in [0.1, 0.15) is 20.3 Å². The Kier molecular flexibility index (Phi) is 3.66. The van der Waals surface area contributed by atoms with E-state index in [2.05, 4.69) is 24.1 Å². The quantitative estimate of drug-likeness (QED) is 0.874. The van der Waals surface area contributed by atoms with Crippen LogP contribution in [-0.4, -0.2) is 11.5 Å². The maximum Gasteiger partial charge on any atom is 0.106 e. The summed E-state index contributed by atoms with van der Waals surface area (Å²) < 4.78 is 1.18. The third-order valence-electron chi connectivity index (χ3n) is 2.78. The first-order valence-corrected chi connectivity index (χ1v) is 6.73. The molecule has 1 atom stereocenters. The number of halogens is 1. The van der Waals surface area contributed by atoms with Gasteiger partial charge in [0.2, 0.25) is 0 Å². The normalized spacial score (nSPS) is 12.9. The van der Waals surface area contributed by atoms with Gasteiger partial charge < -0.3 is 5.32 Å². The van der Waals surface area contributed by atoms with Crippen LogP contribution in [0.25, 0.3) is 10.2 Å². The van der Waals surface area contributed by atoms with Crippen molar-refractivity contribution in [1.29, 1.82) is 0 Å². The van der Waals surface area contributed by atoms with Gasteiger partial charge in [-0.25, -0.2) is 4.98 Å². The van der Waals surface area contributed by atoms with Crippen molar-refractivity contribution in [2.75, 3.05) is 11.9 Å². The lowest BCUT2D eigenvalue weighted by Crippen LogP contribution is -2.10. The molecule has 4 heteroatoms. The number of rotatable bonds is 4. The van der Waals surface area contributed by atoms with Crippen molar-refractivity contribution in [3.63, 3.8) is 0 Å². The zero-order valence-electron chi connectivity index (χ0n) is 9.46. The fraction of sp³-hybridized carbons (Fsp3) is 0.417. The van der Waals surface area contributed by atoms with Gasteiger partial charge in [0.15, 0.2) is 0 Å². The second-order valence-electron chi connectivity index (χ2n) is 4.02. The van der Waals surface area contributed by atoms with E-state index < -0.39 is 0 Å². The van der Waals surface area contributed by atoms with Crippen LogP contribution in [0.15, 0.2) is 17.6 Å². The summed E-state index contributed by atoms with van der Waals surface area (Å²) in [6.45, 7) is 5.35. The van der Waals surface area contributed by atoms with E-state index in [9.17, 15) is 0 Å². The van der Waals surface area contributed by atoms with Gasteiger partial charge in [-0.15, -0.1) is 11.3 Å². The van der Waals surface area contributed by atoms with E-state index >= 15 is 0 Å². The van der Waals surface area contributed by atoms with Gasteiger partial charge in [-0.05, 0) is 18.1 Å². The van der Waals surface area contributed by atoms with E-state index in [-0.39, 0.29) is 0 Å². The number of aromatic nitrogens is 1. The standard InChI is InChI=1S/C12H15ClN2S/c1-3-8(2)6-14-11-9(13)4-5-10-12(11)15-7-16-10/h4-5,7-8,14H,3,6H2,1-2H3. The van der Waals surface area contributed by atoms with Crippen LogP contribution in [-0.2, 0) is 0 Å². The molecule has 2 nitrogen and oxygen atoms in total. The van der Waals surface area contributed by atoms with Crippen LogP contribution in [0.4, 0.5) is 5.69 Å². The molecular weight excluding hydrogens is 240 g/mol. The summed E-state index contributed by atoms with van der Waals surface area (Å²) in [5.41, 5.74) is 3.82. The summed E-state index contributed by atoms with van der Waals surface area (Å²) in [6, 6.07) is 3.95. The van der Waals surface area contributed by atoms with Gasteiger partial charge in [0.25, 0.3) is 0 Å². The molecule has 0 fully saturated rings. The lowest BCUT2D eigenvalue weighted by atomic mass is 10.1. The highest BCUT2D eigenvalue weighted by Gasteiger charge is 2.09. The maximum absolute atomic E-state index is 6.19. The largest absolute Gasteiger partial charge is 0.382 e. The lowest BCUT2D eigenvalue weighted by Gasteiger charge is -2.13. The SMILES string of the molecule is CCC(C)CNc1c(Cl)ccc2scnc12. The molecule has 2 aromatic rings. The Morgan fingerprint density at radius 1 is 1.50 bits per heavy atom. The molecule has 1 aromatic carbocycles. The van der Waals surface area contributed by atoms with Gasteiger partial charge in [-0.1, -0.05) is 31.9 Å². The van der Waals surface area contributed by atoms with Gasteiger partial charge in [0.1, 0.15) is 5.52 Å². The molecule has 86 valence electrons. The predicted molar refractivity (Wildman–Crippen MR) is 72.6 cm³/mol. The summed E-state index contributed by atoms with van der Waals surface area (Å²) in [6.07, 6.45) is 1.16. The van der Waals surface area contributed by atoms with E-state index in [1.165, 1.54) is 4.70 Å². The molecular formula is C12H15ClN2S. The Morgan fingerprint density at radius 2 is 2.31 bits per heavy atom. The first-order chi connectivity index (χ1) is 7.72. The number of hydrogen-bond donors (Lipinski definition) is 1. The fourth-order valence-electron chi connectivity index (χ4n) is 1.50. The molecule has 1 aromatic heterocycles. The Bertz CT molecular complexity index is 481. The van der Waals surface area contributed by atoms with Crippen molar-refractivity contribution >= 4 is 38.8 Å². The van der Waals surface area contributed by atoms with Crippen LogP contribution in [0.2, 0.25) is 5.02 Å². The molecule has 2 rings (SSSR count). The molecule has 0 spiro atoms. The van der Waals surface area contributed by atoms with Crippen molar-refractivity contribution in [2.24, 2.45) is 5.92 Å². The minimum absolute atomic E-state index is 0.643. The number of benzene rings is 1. The van der Waals surface area contributed by atoms with Crippen molar-refractivity contribution in [1.82, 2.24) is 4.98 Å². The number of thiazole rings is 1. The monoisotopic (exact) mass is 254 g/mol. The van der Waals surface area contributed by atoms with Crippen LogP contribution < -0.4 is 5.32 Å². The Labute approximate surface area is 105 Å². The second-order valence-corrected chi connectivity index (χ2v) is 5.31. The highest BCUT2D eigenvalue weighted by molar-refractivity contribution is 7.16. The molecule has 0 bridgehead atoms. The average molecular weight is 255 g/mol. The zero-order chi connectivity index (χ0) is 11.5. The Hall–Kier alpha value is -0.800. The van der Waals surface area contributed by atoms with Gasteiger partial charge in [-0.2, -0.15) is 0 Å². The summed E-state index contributed by atoms with van der Waals surface area (Å²) in [7, 11) is 0. The number of hydrogen-bond acceptors (Lipinski definition) is 3. The molecule has 0 aliphatic heterocycles. The van der Waals surface area contributed by atoms with E-state index in [1.54, 1.807) is 11.3 Å². The zero-order valence-corrected chi connectivity index (χ0v) is 11.0. The number of anilines is 1. The van der Waals surface area contributed by atoms with Crippen LogP contribution in [0.3, 0.4) is 0 Å². The van der Waals surface area contributed by atoms with E-state index in [0.717, 1.165) is 29.2 Å². The average Bonchev–Trinajstić information content (AvgIpc) is 2.75. The van der Waals surface area contributed by atoms with Crippen LogP contribution in [0, 0.1) is 5.92 Å². The minimum atomic E-state index is 0.643. The van der Waals surface area contributed by atoms with Gasteiger partial charge in [0.05, 0.1) is 20.9 Å². The lowest BCUT2D eigenvalue weighted by molar-refractivity contribution is 0.594. The summed E-state index contributed by atoms with van der Waals surface area (Å²) >= 11 is 7.83. The van der Waals surface area contributed by atoms with Crippen molar-refractivity contribution in [2.45, 2.75) is 20.3 Å². The highest BCUT2D eigenvalue weighted by Crippen LogP contribution is 2.32. The van der Waals surface area contributed by atoms with Gasteiger partial charge in [0, 0.05) is 6.54 Å². The van der Waals surface area contributed by atoms with E-state index in [4.69, 9.17) is 11.6 Å². The first kappa shape index (κ1) is 11.7. The Balaban J connectivity index is 2.27. The van der Waals surface area contributed by atoms with Crippen molar-refractivity contribution in [3.05, 3.63) is 22.7 Å². The second kappa shape index (κ2) is 5.02. The molecule has 0 saturated carbocycles. The predicted octanol–water partition coefficient (Wildman–Crippen LogP) is 4.41. The van der Waals surface area contributed by atoms with Crippen LogP contribution in [0.5, 0.6) is 0 Å². The van der Waals surface area contributed by atoms with Gasteiger partial charge >= 0.3 is 0 Å². The maximum atomic E-state index is 6.19. The first-order valence-electron chi connectivity index (χ1n) is 5.48. The number of nitrogens with one attached hydrogen (secondary N) is 1. The third kappa shape index (κ3) is 2.30. The molecule has 0 aliphatic carbocycles. The molecule has 1 N–H and O–H groups in total. The minimum Gasteiger partial charge on any atom is -0.382 e. The third-order valence-corrected chi connectivity index (χ3v) is 3.88. The molecule has 0 amide bonds. The van der Waals surface area contributed by atoms with Crippen molar-refractivity contribution in [3.8, 4) is 0 Å². The van der Waals surface area contributed by atoms with Crippen LogP contribution >= 0.6 is 22.9 Å². The van der Waals surface area contributed by atoms with Crippen molar-refractivity contribution < 1.29 is 0 Å². The molecule has 0 aliphatic rings. The number of nitrogens with zero attached hydrogens (tertiary/aromatic N) is 1. The fourth-order valence-corrected chi connectivity index (χ4v) is 2.40. The molecule has 0 radical (unpaired) electrons. The summed E-state index contributed by atoms with van der Waals surface area (Å²) in [5.74, 6) is 0.643. The van der Waals surface area contributed by atoms with E-state index in [0.29, 0.717) is 5.92 Å². The number of fused-ring (bicyclic) bond motifs is 1. The van der Waals surface area contributed by atoms with E-state index in [1.807, 2.05) is 17.6 Å². The summed E-state index contributed by atoms with van der Waals surface area (Å²) in [5, 5.41) is 4.16. The Morgan fingerprint density at radius 3 is 3.06 bits per heavy atom. The molecule has 1 unspecified atom stereocenters. The smallest absolute Gasteiger partial charge is 0.106 e. The highest BCUT2D eigenvalue weighted by atomic mass is 35.5. The molecule has 0 saturated heterocycles. The molecule has 16 heavy (non-hydrogen) atoms. The molecule has 1 heterocycles. The topological polar surface area (TPSA) is 24.9 Å².